The molecule has 240 valence electrons. The van der Waals surface area contributed by atoms with Crippen LogP contribution in [0.15, 0.2) is 119 Å². The number of amides is 4. The minimum Gasteiger partial charge on any atom is -0.326 e. The second-order valence-corrected chi connectivity index (χ2v) is 14.1. The molecular weight excluding hydrogens is 681 g/mol. The van der Waals surface area contributed by atoms with Gasteiger partial charge in [0.2, 0.25) is 11.8 Å². The average molecular weight is 709 g/mol. The first-order chi connectivity index (χ1) is 23.3. The zero-order valence-corrected chi connectivity index (χ0v) is 28.6. The van der Waals surface area contributed by atoms with Gasteiger partial charge in [-0.1, -0.05) is 133 Å². The Bertz CT molecular complexity index is 1790. The predicted octanol–water partition coefficient (Wildman–Crippen LogP) is 7.31. The first-order valence-corrected chi connectivity index (χ1v) is 17.4. The van der Waals surface area contributed by atoms with Gasteiger partial charge in [0.05, 0.1) is 9.81 Å². The molecule has 0 unspecified atom stereocenters. The Morgan fingerprint density at radius 1 is 0.521 bits per heavy atom. The molecule has 6 rings (SSSR count). The average Bonchev–Trinajstić information content (AvgIpc) is 3.55. The van der Waals surface area contributed by atoms with Crippen LogP contribution in [0.25, 0.3) is 22.3 Å². The molecule has 2 heterocycles. The van der Waals surface area contributed by atoms with Crippen LogP contribution < -0.4 is 10.6 Å². The van der Waals surface area contributed by atoms with Gasteiger partial charge < -0.3 is 10.6 Å². The maximum atomic E-state index is 13.3. The fraction of sp³-hybridized carbons (Fsp3) is 0.111. The molecule has 12 heteroatoms. The van der Waals surface area contributed by atoms with E-state index in [1.807, 2.05) is 109 Å². The van der Waals surface area contributed by atoms with Crippen molar-refractivity contribution in [3.8, 4) is 22.3 Å². The summed E-state index contributed by atoms with van der Waals surface area (Å²) in [5.41, 5.74) is 5.50. The van der Waals surface area contributed by atoms with Gasteiger partial charge in [0, 0.05) is 37.3 Å². The Labute approximate surface area is 297 Å². The summed E-state index contributed by atoms with van der Waals surface area (Å²) in [6.07, 6.45) is 0.0381. The predicted molar refractivity (Wildman–Crippen MR) is 201 cm³/mol. The number of rotatable bonds is 10. The van der Waals surface area contributed by atoms with Crippen molar-refractivity contribution in [1.29, 1.82) is 0 Å². The third-order valence-corrected chi connectivity index (χ3v) is 10.6. The van der Waals surface area contributed by atoms with Crippen molar-refractivity contribution in [1.82, 2.24) is 9.80 Å². The van der Waals surface area contributed by atoms with Crippen LogP contribution in [0, 0.1) is 0 Å². The summed E-state index contributed by atoms with van der Waals surface area (Å²) in [5.74, 6) is -1.43. The van der Waals surface area contributed by atoms with Crippen LogP contribution in [0.1, 0.15) is 12.8 Å². The number of thioether (sulfide) groups is 2. The van der Waals surface area contributed by atoms with E-state index in [4.69, 9.17) is 24.4 Å². The maximum Gasteiger partial charge on any atom is 0.267 e. The SMILES string of the molecule is O=C(CCN1C(=O)/C(=C2\SC(=S)N(CCC(=O)Nc3ccc(-c4ccccc4)cc3)C2=O)SC1=S)Nc1ccc(-c2ccccc2)cc1. The van der Waals surface area contributed by atoms with Gasteiger partial charge in [0.1, 0.15) is 8.64 Å². The molecule has 0 atom stereocenters. The molecule has 0 aromatic heterocycles. The first-order valence-electron chi connectivity index (χ1n) is 15.0. The van der Waals surface area contributed by atoms with Crippen molar-refractivity contribution >= 4 is 91.6 Å². The molecule has 0 radical (unpaired) electrons. The molecule has 2 N–H and O–H groups in total. The van der Waals surface area contributed by atoms with E-state index in [9.17, 15) is 19.2 Å². The first kappa shape index (κ1) is 33.3. The standard InChI is InChI=1S/C36H28N4O4S4/c41-29(37-27-15-11-25(12-16-27)23-7-3-1-4-8-23)19-21-39-33(43)31(47-35(39)45)32-34(44)40(36(46)48-32)22-20-30(42)38-28-17-13-26(14-18-28)24-9-5-2-6-10-24/h1-18H,19-22H2,(H,37,41)(H,38,42)/b32-31+. The van der Waals surface area contributed by atoms with Crippen LogP contribution in [0.3, 0.4) is 0 Å². The van der Waals surface area contributed by atoms with E-state index < -0.39 is 11.8 Å². The highest BCUT2D eigenvalue weighted by atomic mass is 32.2. The number of thiocarbonyl (C=S) groups is 2. The van der Waals surface area contributed by atoms with E-state index in [1.54, 1.807) is 0 Å². The van der Waals surface area contributed by atoms with Crippen molar-refractivity contribution < 1.29 is 19.2 Å². The lowest BCUT2D eigenvalue weighted by molar-refractivity contribution is -0.125. The number of hydrogen-bond acceptors (Lipinski definition) is 8. The second-order valence-electron chi connectivity index (χ2n) is 10.8. The normalized spacial score (nSPS) is 16.1. The molecule has 4 aromatic rings. The Morgan fingerprint density at radius 3 is 1.21 bits per heavy atom. The van der Waals surface area contributed by atoms with Crippen molar-refractivity contribution in [3.05, 3.63) is 119 Å². The summed E-state index contributed by atoms with van der Waals surface area (Å²) in [6, 6.07) is 34.9. The van der Waals surface area contributed by atoms with Gasteiger partial charge in [-0.25, -0.2) is 0 Å². The molecule has 48 heavy (non-hydrogen) atoms. The molecule has 0 spiro atoms. The maximum absolute atomic E-state index is 13.3. The van der Waals surface area contributed by atoms with Crippen LogP contribution in [-0.4, -0.2) is 55.2 Å². The highest BCUT2D eigenvalue weighted by molar-refractivity contribution is 8.29. The molecule has 0 bridgehead atoms. The largest absolute Gasteiger partial charge is 0.326 e. The Kier molecular flexibility index (Phi) is 10.5. The number of carbonyl (C=O) groups excluding carboxylic acids is 4. The molecule has 4 aromatic carbocycles. The zero-order chi connectivity index (χ0) is 33.6. The summed E-state index contributed by atoms with van der Waals surface area (Å²) in [6.45, 7) is 0.129. The Balaban J connectivity index is 1.00. The van der Waals surface area contributed by atoms with Gasteiger partial charge in [-0.15, -0.1) is 0 Å². The van der Waals surface area contributed by atoms with Crippen molar-refractivity contribution in [2.24, 2.45) is 0 Å². The van der Waals surface area contributed by atoms with E-state index in [0.717, 1.165) is 45.8 Å². The van der Waals surface area contributed by atoms with Crippen LogP contribution in [0.2, 0.25) is 0 Å². The van der Waals surface area contributed by atoms with E-state index >= 15 is 0 Å². The zero-order valence-electron chi connectivity index (χ0n) is 25.4. The lowest BCUT2D eigenvalue weighted by Crippen LogP contribution is -2.33. The third-order valence-electron chi connectivity index (χ3n) is 7.58. The van der Waals surface area contributed by atoms with Gasteiger partial charge in [0.25, 0.3) is 11.8 Å². The summed E-state index contributed by atoms with van der Waals surface area (Å²) in [4.78, 5) is 55.1. The van der Waals surface area contributed by atoms with E-state index in [-0.39, 0.29) is 56.2 Å². The monoisotopic (exact) mass is 708 g/mol. The fourth-order valence-electron chi connectivity index (χ4n) is 5.08. The van der Waals surface area contributed by atoms with E-state index in [1.165, 1.54) is 9.80 Å². The summed E-state index contributed by atoms with van der Waals surface area (Å²) in [5, 5.41) is 5.71. The number of nitrogens with zero attached hydrogens (tertiary/aromatic N) is 2. The summed E-state index contributed by atoms with van der Waals surface area (Å²) >= 11 is 12.9. The molecule has 2 saturated heterocycles. The highest BCUT2D eigenvalue weighted by Crippen LogP contribution is 2.42. The third kappa shape index (κ3) is 7.74. The van der Waals surface area contributed by atoms with Crippen LogP contribution in [-0.2, 0) is 19.2 Å². The number of anilines is 2. The van der Waals surface area contributed by atoms with Gasteiger partial charge in [-0.05, 0) is 46.5 Å². The molecule has 0 aliphatic carbocycles. The van der Waals surface area contributed by atoms with Gasteiger partial charge in [0.15, 0.2) is 0 Å². The number of carbonyl (C=O) groups is 4. The number of nitrogens with one attached hydrogen (secondary N) is 2. The number of benzene rings is 4. The molecule has 4 amide bonds. The molecule has 0 saturated carbocycles. The van der Waals surface area contributed by atoms with Gasteiger partial charge in [-0.3, -0.25) is 29.0 Å². The Morgan fingerprint density at radius 2 is 0.854 bits per heavy atom. The molecule has 8 nitrogen and oxygen atoms in total. The van der Waals surface area contributed by atoms with Gasteiger partial charge in [-0.2, -0.15) is 0 Å². The van der Waals surface area contributed by atoms with E-state index in [2.05, 4.69) is 10.6 Å². The van der Waals surface area contributed by atoms with Gasteiger partial charge >= 0.3 is 0 Å². The quantitative estimate of drug-likeness (QED) is 0.131. The minimum absolute atomic E-state index is 0.0191. The second kappa shape index (κ2) is 15.1. The number of hydrogen-bond donors (Lipinski definition) is 2. The molecule has 2 aliphatic heterocycles. The lowest BCUT2D eigenvalue weighted by atomic mass is 10.1. The summed E-state index contributed by atoms with van der Waals surface area (Å²) in [7, 11) is 0. The fourth-order valence-corrected chi connectivity index (χ4v) is 7.85. The summed E-state index contributed by atoms with van der Waals surface area (Å²) < 4.78 is 0.524. The van der Waals surface area contributed by atoms with Crippen molar-refractivity contribution in [2.75, 3.05) is 23.7 Å². The molecule has 2 fully saturated rings. The van der Waals surface area contributed by atoms with Crippen LogP contribution >= 0.6 is 48.0 Å². The smallest absolute Gasteiger partial charge is 0.267 e. The topological polar surface area (TPSA) is 98.8 Å². The molecule has 2 aliphatic rings. The lowest BCUT2D eigenvalue weighted by Gasteiger charge is -2.15. The van der Waals surface area contributed by atoms with Crippen LogP contribution in [0.4, 0.5) is 11.4 Å². The highest BCUT2D eigenvalue weighted by Gasteiger charge is 2.42. The van der Waals surface area contributed by atoms with Crippen LogP contribution in [0.5, 0.6) is 0 Å². The van der Waals surface area contributed by atoms with Crippen molar-refractivity contribution in [2.45, 2.75) is 12.8 Å². The Hall–Kier alpha value is -4.62. The molecular formula is C36H28N4O4S4. The minimum atomic E-state index is -0.442. The van der Waals surface area contributed by atoms with E-state index in [0.29, 0.717) is 11.4 Å². The van der Waals surface area contributed by atoms with Crippen molar-refractivity contribution in [3.63, 3.8) is 0 Å².